The predicted octanol–water partition coefficient (Wildman–Crippen LogP) is 5.84. The third-order valence-corrected chi connectivity index (χ3v) is 3.03. The van der Waals surface area contributed by atoms with E-state index in [0.717, 1.165) is 6.42 Å². The molecule has 0 saturated carbocycles. The summed E-state index contributed by atoms with van der Waals surface area (Å²) in [5, 5.41) is 0. The van der Waals surface area contributed by atoms with E-state index in [1.165, 1.54) is 70.6 Å². The van der Waals surface area contributed by atoms with Crippen LogP contribution in [0.4, 0.5) is 0 Å². The van der Waals surface area contributed by atoms with Crippen LogP contribution in [0.1, 0.15) is 77.0 Å². The summed E-state index contributed by atoms with van der Waals surface area (Å²) in [6.45, 7) is 9.07. The van der Waals surface area contributed by atoms with Crippen LogP contribution in [0, 0.1) is 6.58 Å². The number of unbranched alkanes of at least 4 members (excludes halogenated alkanes) is 11. The van der Waals surface area contributed by atoms with Gasteiger partial charge in [-0.05, 0) is 25.7 Å². The fraction of sp³-hybridized carbons (Fsp3) is 0.750. The van der Waals surface area contributed by atoms with Crippen LogP contribution in [0.2, 0.25) is 0 Å². The molecule has 0 aromatic carbocycles. The maximum Gasteiger partial charge on any atom is -0.0348 e. The standard InChI is InChI=1S/C16H29/c1-3-5-7-9-11-13-15-16-14-12-10-8-6-4-2/h1,3-4H,2,5-16H2. The van der Waals surface area contributed by atoms with E-state index in [1.807, 2.05) is 6.08 Å². The molecule has 0 aliphatic carbocycles. The van der Waals surface area contributed by atoms with Gasteiger partial charge in [-0.3, -0.25) is 0 Å². The minimum Gasteiger partial charge on any atom is -0.103 e. The summed E-state index contributed by atoms with van der Waals surface area (Å²) < 4.78 is 0. The first kappa shape index (κ1) is 15.5. The van der Waals surface area contributed by atoms with Gasteiger partial charge in [0, 0.05) is 0 Å². The van der Waals surface area contributed by atoms with Crippen LogP contribution in [0.15, 0.2) is 18.7 Å². The van der Waals surface area contributed by atoms with Gasteiger partial charge in [0.2, 0.25) is 0 Å². The van der Waals surface area contributed by atoms with Crippen LogP contribution in [0.25, 0.3) is 0 Å². The zero-order valence-electron chi connectivity index (χ0n) is 10.9. The van der Waals surface area contributed by atoms with E-state index in [1.54, 1.807) is 6.08 Å². The molecular weight excluding hydrogens is 192 g/mol. The van der Waals surface area contributed by atoms with Gasteiger partial charge in [0.1, 0.15) is 0 Å². The molecule has 1 radical (unpaired) electrons. The molecule has 93 valence electrons. The molecule has 16 heavy (non-hydrogen) atoms. The van der Waals surface area contributed by atoms with Crippen molar-refractivity contribution in [2.75, 3.05) is 0 Å². The van der Waals surface area contributed by atoms with Crippen LogP contribution in [-0.2, 0) is 0 Å². The molecule has 0 aliphatic rings. The Bertz CT molecular complexity index is 128. The molecular formula is C16H29. The van der Waals surface area contributed by atoms with Crippen molar-refractivity contribution in [1.29, 1.82) is 0 Å². The highest BCUT2D eigenvalue weighted by atomic mass is 14.0. The maximum atomic E-state index is 5.33. The van der Waals surface area contributed by atoms with Gasteiger partial charge in [-0.25, -0.2) is 0 Å². The Kier molecular flexibility index (Phi) is 14.0. The molecule has 0 nitrogen and oxygen atoms in total. The zero-order valence-corrected chi connectivity index (χ0v) is 10.9. The minimum atomic E-state index is 1.09. The average molecular weight is 221 g/mol. The summed E-state index contributed by atoms with van der Waals surface area (Å²) >= 11 is 0. The first-order valence-electron chi connectivity index (χ1n) is 7.06. The van der Waals surface area contributed by atoms with Crippen LogP contribution < -0.4 is 0 Å². The van der Waals surface area contributed by atoms with Crippen molar-refractivity contribution in [2.24, 2.45) is 0 Å². The summed E-state index contributed by atoms with van der Waals surface area (Å²) in [4.78, 5) is 0. The van der Waals surface area contributed by atoms with E-state index in [9.17, 15) is 0 Å². The fourth-order valence-electron chi connectivity index (χ4n) is 1.97. The lowest BCUT2D eigenvalue weighted by molar-refractivity contribution is 0.553. The highest BCUT2D eigenvalue weighted by Gasteiger charge is 1.92. The first-order valence-corrected chi connectivity index (χ1v) is 7.06. The van der Waals surface area contributed by atoms with E-state index in [2.05, 4.69) is 6.58 Å². The number of hydrogen-bond acceptors (Lipinski definition) is 0. The normalized spacial score (nSPS) is 10.2. The van der Waals surface area contributed by atoms with Gasteiger partial charge < -0.3 is 0 Å². The summed E-state index contributed by atoms with van der Waals surface area (Å²) in [6.07, 6.45) is 19.9. The lowest BCUT2D eigenvalue weighted by Gasteiger charge is -2.01. The van der Waals surface area contributed by atoms with Crippen LogP contribution in [0.5, 0.6) is 0 Å². The monoisotopic (exact) mass is 221 g/mol. The second-order valence-corrected chi connectivity index (χ2v) is 4.64. The van der Waals surface area contributed by atoms with E-state index >= 15 is 0 Å². The third kappa shape index (κ3) is 13.5. The molecule has 0 N–H and O–H groups in total. The number of allylic oxidation sites excluding steroid dienone is 2. The lowest BCUT2D eigenvalue weighted by atomic mass is 10.1. The van der Waals surface area contributed by atoms with Gasteiger partial charge in [-0.15, -0.1) is 6.58 Å². The molecule has 0 aliphatic heterocycles. The molecule has 0 heterocycles. The Morgan fingerprint density at radius 3 is 1.38 bits per heavy atom. The number of hydrogen-bond donors (Lipinski definition) is 0. The number of rotatable bonds is 13. The van der Waals surface area contributed by atoms with Gasteiger partial charge in [0.05, 0.1) is 0 Å². The highest BCUT2D eigenvalue weighted by Crippen LogP contribution is 2.11. The Morgan fingerprint density at radius 2 is 1.00 bits per heavy atom. The molecule has 0 aromatic heterocycles. The Labute approximate surface area is 103 Å². The van der Waals surface area contributed by atoms with E-state index in [4.69, 9.17) is 6.58 Å². The van der Waals surface area contributed by atoms with Crippen molar-refractivity contribution in [3.8, 4) is 0 Å². The van der Waals surface area contributed by atoms with Crippen molar-refractivity contribution in [3.05, 3.63) is 25.3 Å². The Hall–Kier alpha value is -0.520. The van der Waals surface area contributed by atoms with Crippen molar-refractivity contribution in [2.45, 2.75) is 77.0 Å². The first-order chi connectivity index (χ1) is 7.91. The Morgan fingerprint density at radius 1 is 0.625 bits per heavy atom. The largest absolute Gasteiger partial charge is 0.103 e. The SMILES string of the molecule is [CH]=CCCCCCCCCCCCCC=C. The van der Waals surface area contributed by atoms with Gasteiger partial charge >= 0.3 is 0 Å². The molecule has 0 heteroatoms. The van der Waals surface area contributed by atoms with Crippen LogP contribution in [0.3, 0.4) is 0 Å². The highest BCUT2D eigenvalue weighted by molar-refractivity contribution is 4.65. The van der Waals surface area contributed by atoms with Crippen molar-refractivity contribution in [1.82, 2.24) is 0 Å². The molecule has 0 aromatic rings. The van der Waals surface area contributed by atoms with Crippen molar-refractivity contribution < 1.29 is 0 Å². The zero-order chi connectivity index (χ0) is 11.9. The van der Waals surface area contributed by atoms with Gasteiger partial charge in [-0.1, -0.05) is 70.1 Å². The van der Waals surface area contributed by atoms with Crippen molar-refractivity contribution >= 4 is 0 Å². The van der Waals surface area contributed by atoms with E-state index < -0.39 is 0 Å². The molecule has 0 amide bonds. The summed E-state index contributed by atoms with van der Waals surface area (Å²) in [7, 11) is 0. The van der Waals surface area contributed by atoms with E-state index in [-0.39, 0.29) is 0 Å². The van der Waals surface area contributed by atoms with Crippen LogP contribution in [-0.4, -0.2) is 0 Å². The summed E-state index contributed by atoms with van der Waals surface area (Å²) in [6, 6.07) is 0. The minimum absolute atomic E-state index is 1.09. The second-order valence-electron chi connectivity index (χ2n) is 4.64. The van der Waals surface area contributed by atoms with E-state index in [0.29, 0.717) is 0 Å². The fourth-order valence-corrected chi connectivity index (χ4v) is 1.97. The molecule has 0 spiro atoms. The molecule has 0 bridgehead atoms. The summed E-state index contributed by atoms with van der Waals surface area (Å²) in [5.74, 6) is 0. The lowest BCUT2D eigenvalue weighted by Crippen LogP contribution is -1.81. The average Bonchev–Trinajstić information content (AvgIpc) is 2.31. The topological polar surface area (TPSA) is 0 Å². The van der Waals surface area contributed by atoms with Gasteiger partial charge in [0.25, 0.3) is 0 Å². The molecule has 0 atom stereocenters. The van der Waals surface area contributed by atoms with Gasteiger partial charge in [-0.2, -0.15) is 0 Å². The Balaban J connectivity index is 2.87. The van der Waals surface area contributed by atoms with Crippen molar-refractivity contribution in [3.63, 3.8) is 0 Å². The quantitative estimate of drug-likeness (QED) is 0.270. The molecule has 0 saturated heterocycles. The molecule has 0 fully saturated rings. The van der Waals surface area contributed by atoms with Crippen LogP contribution >= 0.6 is 0 Å². The smallest absolute Gasteiger partial charge is 0.0348 e. The maximum absolute atomic E-state index is 5.33. The summed E-state index contributed by atoms with van der Waals surface area (Å²) in [5.41, 5.74) is 0. The molecule has 0 unspecified atom stereocenters. The second kappa shape index (κ2) is 14.5. The van der Waals surface area contributed by atoms with Gasteiger partial charge in [0.15, 0.2) is 0 Å². The molecule has 0 rings (SSSR count). The predicted molar refractivity (Wildman–Crippen MR) is 74.5 cm³/mol. The third-order valence-electron chi connectivity index (χ3n) is 3.03.